The third-order valence-electron chi connectivity index (χ3n) is 4.77. The maximum Gasteiger partial charge on any atom is 0.305 e. The van der Waals surface area contributed by atoms with Gasteiger partial charge in [0, 0.05) is 41.7 Å². The molecule has 3 rings (SSSR count). The molecule has 0 atom stereocenters. The molecule has 0 saturated carbocycles. The summed E-state index contributed by atoms with van der Waals surface area (Å²) < 4.78 is 4.60. The Balaban J connectivity index is 1.52. The summed E-state index contributed by atoms with van der Waals surface area (Å²) in [5.74, 6) is -0.424. The van der Waals surface area contributed by atoms with Gasteiger partial charge >= 0.3 is 5.97 Å². The van der Waals surface area contributed by atoms with E-state index in [1.54, 1.807) is 24.4 Å². The minimum atomic E-state index is -0.197. The van der Waals surface area contributed by atoms with E-state index in [9.17, 15) is 14.4 Å². The van der Waals surface area contributed by atoms with Crippen molar-refractivity contribution in [1.29, 1.82) is 0 Å². The summed E-state index contributed by atoms with van der Waals surface area (Å²) >= 11 is 0. The Hall–Kier alpha value is -3.35. The van der Waals surface area contributed by atoms with Crippen molar-refractivity contribution >= 4 is 40.8 Å². The zero-order chi connectivity index (χ0) is 20.6. The number of H-pyrrole nitrogens is 1. The molecule has 0 saturated heterocycles. The van der Waals surface area contributed by atoms with E-state index in [1.807, 2.05) is 18.2 Å². The van der Waals surface area contributed by atoms with Gasteiger partial charge in [-0.3, -0.25) is 14.4 Å². The molecule has 0 aliphatic carbocycles. The van der Waals surface area contributed by atoms with Gasteiger partial charge in [0.15, 0.2) is 0 Å². The predicted octanol–water partition coefficient (Wildman–Crippen LogP) is 3.96. The Bertz CT molecular complexity index is 916. The van der Waals surface area contributed by atoms with Crippen LogP contribution >= 0.6 is 0 Å². The van der Waals surface area contributed by atoms with Crippen molar-refractivity contribution in [2.75, 3.05) is 17.7 Å². The first-order valence-corrected chi connectivity index (χ1v) is 9.74. The molecule has 2 heterocycles. The molecule has 7 nitrogen and oxygen atoms in total. The molecule has 152 valence electrons. The third-order valence-corrected chi connectivity index (χ3v) is 4.77. The largest absolute Gasteiger partial charge is 0.469 e. The summed E-state index contributed by atoms with van der Waals surface area (Å²) in [6.45, 7) is 0. The van der Waals surface area contributed by atoms with Crippen LogP contribution in [0.4, 0.5) is 11.4 Å². The van der Waals surface area contributed by atoms with Crippen molar-refractivity contribution in [3.05, 3.63) is 47.8 Å². The second kappa shape index (κ2) is 9.73. The zero-order valence-corrected chi connectivity index (χ0v) is 16.4. The standard InChI is InChI=1S/C22H25N3O4/c1-29-21(27)9-5-3-2-4-8-20(26)24-16-10-11-19-17(14-16)18(22(28)25-19)13-15-7-6-12-23-15/h6-7,10-14,23H,2-5,8-9H2,1H3,(H,24,26)(H,25,28)/b18-13-. The van der Waals surface area contributed by atoms with Gasteiger partial charge in [0.2, 0.25) is 5.91 Å². The van der Waals surface area contributed by atoms with Gasteiger partial charge in [0.05, 0.1) is 12.7 Å². The number of anilines is 2. The monoisotopic (exact) mass is 395 g/mol. The SMILES string of the molecule is COC(=O)CCCCCCC(=O)Nc1ccc2c(c1)/C(=C/c1ccc[nH]1)C(=O)N2. The Morgan fingerprint density at radius 2 is 1.90 bits per heavy atom. The van der Waals surface area contributed by atoms with Crippen LogP contribution in [0.2, 0.25) is 0 Å². The minimum absolute atomic E-state index is 0.0647. The number of aromatic amines is 1. The maximum atomic E-state index is 12.3. The molecule has 2 amide bonds. The van der Waals surface area contributed by atoms with Gasteiger partial charge in [0.25, 0.3) is 5.91 Å². The highest BCUT2D eigenvalue weighted by atomic mass is 16.5. The average Bonchev–Trinajstić information content (AvgIpc) is 3.33. The first-order chi connectivity index (χ1) is 14.1. The van der Waals surface area contributed by atoms with Crippen LogP contribution in [0.1, 0.15) is 49.8 Å². The van der Waals surface area contributed by atoms with Crippen molar-refractivity contribution in [3.63, 3.8) is 0 Å². The summed E-state index contributed by atoms with van der Waals surface area (Å²) in [4.78, 5) is 38.6. The summed E-state index contributed by atoms with van der Waals surface area (Å²) in [6, 6.07) is 9.15. The zero-order valence-electron chi connectivity index (χ0n) is 16.4. The van der Waals surface area contributed by atoms with Gasteiger partial charge in [-0.05, 0) is 49.2 Å². The van der Waals surface area contributed by atoms with Crippen LogP contribution in [0.15, 0.2) is 36.5 Å². The van der Waals surface area contributed by atoms with Crippen molar-refractivity contribution in [2.45, 2.75) is 38.5 Å². The van der Waals surface area contributed by atoms with E-state index >= 15 is 0 Å². The van der Waals surface area contributed by atoms with Crippen LogP contribution in [-0.2, 0) is 19.1 Å². The summed E-state index contributed by atoms with van der Waals surface area (Å²) in [7, 11) is 1.39. The van der Waals surface area contributed by atoms with Crippen LogP contribution in [0.3, 0.4) is 0 Å². The average molecular weight is 395 g/mol. The molecule has 3 N–H and O–H groups in total. The van der Waals surface area contributed by atoms with Crippen molar-refractivity contribution in [2.24, 2.45) is 0 Å². The molecule has 0 unspecified atom stereocenters. The molecule has 0 fully saturated rings. The molecule has 1 aromatic heterocycles. The number of methoxy groups -OCH3 is 1. The number of rotatable bonds is 9. The number of nitrogens with one attached hydrogen (secondary N) is 3. The molecular weight excluding hydrogens is 370 g/mol. The molecule has 2 aromatic rings. The Morgan fingerprint density at radius 3 is 2.62 bits per heavy atom. The van der Waals surface area contributed by atoms with Crippen LogP contribution in [0.25, 0.3) is 11.6 Å². The van der Waals surface area contributed by atoms with Gasteiger partial charge in [-0.2, -0.15) is 0 Å². The number of esters is 1. The molecule has 0 bridgehead atoms. The lowest BCUT2D eigenvalue weighted by Crippen LogP contribution is -2.11. The number of ether oxygens (including phenoxy) is 1. The Labute approximate surface area is 169 Å². The number of carbonyl (C=O) groups excluding carboxylic acids is 3. The van der Waals surface area contributed by atoms with Gasteiger partial charge in [-0.1, -0.05) is 12.8 Å². The van der Waals surface area contributed by atoms with Crippen LogP contribution < -0.4 is 10.6 Å². The number of unbranched alkanes of at least 4 members (excludes halogenated alkanes) is 3. The quantitative estimate of drug-likeness (QED) is 0.340. The molecular formula is C22H25N3O4. The summed E-state index contributed by atoms with van der Waals surface area (Å²) in [5, 5.41) is 5.74. The lowest BCUT2D eigenvalue weighted by molar-refractivity contribution is -0.140. The fourth-order valence-corrected chi connectivity index (χ4v) is 3.23. The number of benzene rings is 1. The summed E-state index contributed by atoms with van der Waals surface area (Å²) in [6.07, 6.45) is 7.73. The number of aromatic nitrogens is 1. The minimum Gasteiger partial charge on any atom is -0.469 e. The van der Waals surface area contributed by atoms with Crippen molar-refractivity contribution < 1.29 is 19.1 Å². The molecule has 1 aliphatic rings. The first kappa shape index (κ1) is 20.4. The number of amides is 2. The van der Waals surface area contributed by atoms with E-state index in [0.29, 0.717) is 24.1 Å². The molecule has 29 heavy (non-hydrogen) atoms. The third kappa shape index (κ3) is 5.57. The number of carbonyl (C=O) groups is 3. The normalized spacial score (nSPS) is 13.8. The highest BCUT2D eigenvalue weighted by Crippen LogP contribution is 2.35. The number of hydrogen-bond acceptors (Lipinski definition) is 4. The smallest absolute Gasteiger partial charge is 0.305 e. The van der Waals surface area contributed by atoms with E-state index in [4.69, 9.17) is 0 Å². The van der Waals surface area contributed by atoms with E-state index in [-0.39, 0.29) is 17.8 Å². The Kier molecular flexibility index (Phi) is 6.84. The second-order valence-corrected chi connectivity index (χ2v) is 6.94. The molecule has 1 aromatic carbocycles. The lowest BCUT2D eigenvalue weighted by Gasteiger charge is -2.07. The molecule has 7 heteroatoms. The topological polar surface area (TPSA) is 100 Å². The Morgan fingerprint density at radius 1 is 1.10 bits per heavy atom. The van der Waals surface area contributed by atoms with Crippen LogP contribution in [-0.4, -0.2) is 29.9 Å². The van der Waals surface area contributed by atoms with Crippen LogP contribution in [0.5, 0.6) is 0 Å². The van der Waals surface area contributed by atoms with E-state index in [1.165, 1.54) is 7.11 Å². The maximum absolute atomic E-state index is 12.3. The summed E-state index contributed by atoms with van der Waals surface area (Å²) in [5.41, 5.74) is 3.56. The predicted molar refractivity (Wildman–Crippen MR) is 112 cm³/mol. The van der Waals surface area contributed by atoms with E-state index < -0.39 is 0 Å². The van der Waals surface area contributed by atoms with Gasteiger partial charge in [-0.15, -0.1) is 0 Å². The lowest BCUT2D eigenvalue weighted by atomic mass is 10.0. The molecule has 0 spiro atoms. The van der Waals surface area contributed by atoms with Crippen molar-refractivity contribution in [1.82, 2.24) is 4.98 Å². The fraction of sp³-hybridized carbons (Fsp3) is 0.318. The van der Waals surface area contributed by atoms with Crippen molar-refractivity contribution in [3.8, 4) is 0 Å². The van der Waals surface area contributed by atoms with E-state index in [2.05, 4.69) is 20.4 Å². The van der Waals surface area contributed by atoms with E-state index in [0.717, 1.165) is 42.6 Å². The van der Waals surface area contributed by atoms with Gasteiger partial charge in [-0.25, -0.2) is 0 Å². The number of hydrogen-bond donors (Lipinski definition) is 3. The van der Waals surface area contributed by atoms with Crippen LogP contribution in [0, 0.1) is 0 Å². The van der Waals surface area contributed by atoms with Gasteiger partial charge < -0.3 is 20.4 Å². The number of fused-ring (bicyclic) bond motifs is 1. The highest BCUT2D eigenvalue weighted by Gasteiger charge is 2.24. The molecule has 1 aliphatic heterocycles. The first-order valence-electron chi connectivity index (χ1n) is 9.74. The fourth-order valence-electron chi connectivity index (χ4n) is 3.23. The molecule has 0 radical (unpaired) electrons. The highest BCUT2D eigenvalue weighted by molar-refractivity contribution is 6.35. The second-order valence-electron chi connectivity index (χ2n) is 6.94. The van der Waals surface area contributed by atoms with Gasteiger partial charge in [0.1, 0.15) is 0 Å².